The highest BCUT2D eigenvalue weighted by atomic mass is 35.5. The number of fused-ring (bicyclic) bond motifs is 1. The Labute approximate surface area is 169 Å². The van der Waals surface area contributed by atoms with Crippen molar-refractivity contribution >= 4 is 57.3 Å². The first-order valence-corrected chi connectivity index (χ1v) is 9.80. The fourth-order valence-electron chi connectivity index (χ4n) is 2.96. The summed E-state index contributed by atoms with van der Waals surface area (Å²) in [5.74, 6) is -1.86. The molecule has 1 heterocycles. The number of ether oxygens (including phenoxy) is 1. The third-order valence-electron chi connectivity index (χ3n) is 4.10. The SMILES string of the molecule is NC(=O)c1c(NC(=O)COC(=O)c2cc(Cl)cc(Cl)c2)sc2c1CCCC2. The van der Waals surface area contributed by atoms with Gasteiger partial charge in [-0.1, -0.05) is 23.2 Å². The van der Waals surface area contributed by atoms with Crippen LogP contribution in [0.2, 0.25) is 10.0 Å². The Morgan fingerprint density at radius 3 is 2.44 bits per heavy atom. The average Bonchev–Trinajstić information content (AvgIpc) is 2.96. The summed E-state index contributed by atoms with van der Waals surface area (Å²) in [5, 5.41) is 3.60. The Kier molecular flexibility index (Phi) is 6.04. The van der Waals surface area contributed by atoms with Gasteiger partial charge in [-0.3, -0.25) is 9.59 Å². The van der Waals surface area contributed by atoms with Crippen molar-refractivity contribution < 1.29 is 19.1 Å². The van der Waals surface area contributed by atoms with E-state index < -0.39 is 24.4 Å². The highest BCUT2D eigenvalue weighted by molar-refractivity contribution is 7.17. The number of rotatable bonds is 5. The van der Waals surface area contributed by atoms with E-state index in [0.717, 1.165) is 36.1 Å². The van der Waals surface area contributed by atoms with Gasteiger partial charge in [0.15, 0.2) is 6.61 Å². The molecule has 0 bridgehead atoms. The van der Waals surface area contributed by atoms with Gasteiger partial charge in [0.05, 0.1) is 11.1 Å². The number of carbonyl (C=O) groups excluding carboxylic acids is 3. The van der Waals surface area contributed by atoms with E-state index in [1.807, 2.05) is 0 Å². The Balaban J connectivity index is 1.67. The van der Waals surface area contributed by atoms with Crippen molar-refractivity contribution in [2.75, 3.05) is 11.9 Å². The Morgan fingerprint density at radius 1 is 1.11 bits per heavy atom. The molecule has 2 aromatic rings. The Bertz CT molecular complexity index is 906. The molecule has 27 heavy (non-hydrogen) atoms. The second-order valence-electron chi connectivity index (χ2n) is 6.06. The number of nitrogens with one attached hydrogen (secondary N) is 1. The fourth-order valence-corrected chi connectivity index (χ4v) is 4.80. The van der Waals surface area contributed by atoms with E-state index in [0.29, 0.717) is 10.6 Å². The first-order valence-electron chi connectivity index (χ1n) is 8.22. The molecule has 1 aliphatic carbocycles. The van der Waals surface area contributed by atoms with Crippen molar-refractivity contribution in [3.63, 3.8) is 0 Å². The molecule has 0 spiro atoms. The number of hydrogen-bond acceptors (Lipinski definition) is 5. The van der Waals surface area contributed by atoms with E-state index >= 15 is 0 Å². The van der Waals surface area contributed by atoms with Crippen LogP contribution < -0.4 is 11.1 Å². The van der Waals surface area contributed by atoms with Crippen LogP contribution in [0.4, 0.5) is 5.00 Å². The van der Waals surface area contributed by atoms with E-state index in [-0.39, 0.29) is 15.6 Å². The van der Waals surface area contributed by atoms with Gasteiger partial charge in [0.2, 0.25) is 0 Å². The van der Waals surface area contributed by atoms with Gasteiger partial charge in [0, 0.05) is 14.9 Å². The van der Waals surface area contributed by atoms with Crippen molar-refractivity contribution in [1.29, 1.82) is 0 Å². The molecule has 0 aliphatic heterocycles. The lowest BCUT2D eigenvalue weighted by Gasteiger charge is -2.11. The number of hydrogen-bond donors (Lipinski definition) is 2. The molecule has 0 saturated heterocycles. The quantitative estimate of drug-likeness (QED) is 0.709. The predicted molar refractivity (Wildman–Crippen MR) is 105 cm³/mol. The molecule has 0 radical (unpaired) electrons. The van der Waals surface area contributed by atoms with Gasteiger partial charge in [-0.05, 0) is 49.4 Å². The number of thiophene rings is 1. The zero-order chi connectivity index (χ0) is 19.6. The van der Waals surface area contributed by atoms with E-state index in [1.54, 1.807) is 0 Å². The number of anilines is 1. The van der Waals surface area contributed by atoms with Crippen molar-refractivity contribution in [1.82, 2.24) is 0 Å². The minimum Gasteiger partial charge on any atom is -0.452 e. The predicted octanol–water partition coefficient (Wildman–Crippen LogP) is 3.83. The normalized spacial score (nSPS) is 13.0. The fraction of sp³-hybridized carbons (Fsp3) is 0.278. The van der Waals surface area contributed by atoms with E-state index in [1.165, 1.54) is 29.5 Å². The number of aryl methyl sites for hydroxylation is 1. The summed E-state index contributed by atoms with van der Waals surface area (Å²) < 4.78 is 4.99. The van der Waals surface area contributed by atoms with Gasteiger partial charge in [-0.25, -0.2) is 4.79 Å². The summed E-state index contributed by atoms with van der Waals surface area (Å²) in [6.07, 6.45) is 3.65. The van der Waals surface area contributed by atoms with E-state index in [9.17, 15) is 14.4 Å². The van der Waals surface area contributed by atoms with Gasteiger partial charge in [-0.2, -0.15) is 0 Å². The molecule has 0 saturated carbocycles. The molecule has 1 aliphatic rings. The zero-order valence-electron chi connectivity index (χ0n) is 14.1. The molecule has 1 aromatic heterocycles. The van der Waals surface area contributed by atoms with Crippen LogP contribution in [0.1, 0.15) is 44.0 Å². The highest BCUT2D eigenvalue weighted by Crippen LogP contribution is 2.37. The maximum atomic E-state index is 12.2. The highest BCUT2D eigenvalue weighted by Gasteiger charge is 2.25. The van der Waals surface area contributed by atoms with Crippen LogP contribution in [-0.2, 0) is 22.4 Å². The van der Waals surface area contributed by atoms with Gasteiger partial charge in [0.25, 0.3) is 11.8 Å². The summed E-state index contributed by atoms with van der Waals surface area (Å²) in [5.41, 5.74) is 6.91. The van der Waals surface area contributed by atoms with E-state index in [4.69, 9.17) is 33.7 Å². The topological polar surface area (TPSA) is 98.5 Å². The number of primary amides is 1. The molecule has 2 amide bonds. The summed E-state index contributed by atoms with van der Waals surface area (Å²) in [6.45, 7) is -0.510. The minimum absolute atomic E-state index is 0.143. The molecule has 1 aromatic carbocycles. The molecular formula is C18H16Cl2N2O4S. The molecule has 3 rings (SSSR count). The number of benzene rings is 1. The largest absolute Gasteiger partial charge is 0.452 e. The van der Waals surface area contributed by atoms with Crippen LogP contribution in [0.5, 0.6) is 0 Å². The minimum atomic E-state index is -0.727. The standard InChI is InChI=1S/C18H16Cl2N2O4S/c19-10-5-9(6-11(20)7-10)18(25)26-8-14(23)22-17-15(16(21)24)12-3-1-2-4-13(12)27-17/h5-7H,1-4,8H2,(H2,21,24)(H,22,23). The molecule has 0 fully saturated rings. The molecule has 3 N–H and O–H groups in total. The number of amides is 2. The van der Waals surface area contributed by atoms with Crippen molar-refractivity contribution in [2.45, 2.75) is 25.7 Å². The summed E-state index contributed by atoms with van der Waals surface area (Å²) in [4.78, 5) is 37.1. The van der Waals surface area contributed by atoms with Crippen LogP contribution in [0.25, 0.3) is 0 Å². The van der Waals surface area contributed by atoms with Crippen molar-refractivity contribution in [3.8, 4) is 0 Å². The molecule has 142 valence electrons. The lowest BCUT2D eigenvalue weighted by Crippen LogP contribution is -2.23. The first-order chi connectivity index (χ1) is 12.8. The second kappa shape index (κ2) is 8.29. The smallest absolute Gasteiger partial charge is 0.338 e. The Morgan fingerprint density at radius 2 is 1.78 bits per heavy atom. The Hall–Kier alpha value is -2.09. The first kappa shape index (κ1) is 19.7. The van der Waals surface area contributed by atoms with Crippen molar-refractivity contribution in [3.05, 3.63) is 49.8 Å². The second-order valence-corrected chi connectivity index (χ2v) is 8.04. The third-order valence-corrected chi connectivity index (χ3v) is 5.75. The monoisotopic (exact) mass is 426 g/mol. The average molecular weight is 427 g/mol. The summed E-state index contributed by atoms with van der Waals surface area (Å²) in [7, 11) is 0. The summed E-state index contributed by atoms with van der Waals surface area (Å²) >= 11 is 13.0. The number of esters is 1. The third kappa shape index (κ3) is 4.61. The number of carbonyl (C=O) groups is 3. The van der Waals surface area contributed by atoms with Crippen molar-refractivity contribution in [2.24, 2.45) is 5.73 Å². The van der Waals surface area contributed by atoms with Gasteiger partial charge in [0.1, 0.15) is 5.00 Å². The maximum Gasteiger partial charge on any atom is 0.338 e. The zero-order valence-corrected chi connectivity index (χ0v) is 16.5. The summed E-state index contributed by atoms with van der Waals surface area (Å²) in [6, 6.07) is 4.27. The van der Waals surface area contributed by atoms with Crippen LogP contribution >= 0.6 is 34.5 Å². The maximum absolute atomic E-state index is 12.2. The lowest BCUT2D eigenvalue weighted by atomic mass is 9.95. The molecule has 9 heteroatoms. The van der Waals surface area contributed by atoms with Gasteiger partial charge in [-0.15, -0.1) is 11.3 Å². The van der Waals surface area contributed by atoms with Crippen LogP contribution in [0.15, 0.2) is 18.2 Å². The van der Waals surface area contributed by atoms with Gasteiger partial charge >= 0.3 is 5.97 Å². The van der Waals surface area contributed by atoms with Gasteiger partial charge < -0.3 is 15.8 Å². The molecule has 0 atom stereocenters. The number of nitrogens with two attached hydrogens (primary N) is 1. The van der Waals surface area contributed by atoms with Crippen LogP contribution in [-0.4, -0.2) is 24.4 Å². The molecule has 0 unspecified atom stereocenters. The number of halogens is 2. The lowest BCUT2D eigenvalue weighted by molar-refractivity contribution is -0.119. The van der Waals surface area contributed by atoms with Crippen LogP contribution in [0.3, 0.4) is 0 Å². The molecular weight excluding hydrogens is 411 g/mol. The molecule has 6 nitrogen and oxygen atoms in total. The van der Waals surface area contributed by atoms with E-state index in [2.05, 4.69) is 5.32 Å². The van der Waals surface area contributed by atoms with Crippen LogP contribution in [0, 0.1) is 0 Å².